The molecule has 3 N–H and O–H groups in total. The number of pyridine rings is 1. The van der Waals surface area contributed by atoms with Crippen molar-refractivity contribution in [1.82, 2.24) is 20.3 Å². The Morgan fingerprint density at radius 2 is 1.65 bits per heavy atom. The van der Waals surface area contributed by atoms with Gasteiger partial charge in [0.1, 0.15) is 17.3 Å². The van der Waals surface area contributed by atoms with Crippen LogP contribution in [0.25, 0.3) is 22.3 Å². The van der Waals surface area contributed by atoms with E-state index in [0.29, 0.717) is 11.9 Å². The van der Waals surface area contributed by atoms with Gasteiger partial charge in [0, 0.05) is 60.5 Å². The van der Waals surface area contributed by atoms with Crippen LogP contribution < -0.4 is 25.4 Å². The molecule has 4 rings (SSSR count). The number of anilines is 3. The molecule has 0 atom stereocenters. The van der Waals surface area contributed by atoms with Crippen LogP contribution in [0.4, 0.5) is 17.2 Å². The molecular weight excluding hydrogens is 428 g/mol. The Hall–Kier alpha value is -3.91. The maximum absolute atomic E-state index is 5.73. The Kier molecular flexibility index (Phi) is 7.08. The van der Waals surface area contributed by atoms with Crippen LogP contribution in [0.1, 0.15) is 13.8 Å². The van der Waals surface area contributed by atoms with Gasteiger partial charge in [0.25, 0.3) is 0 Å². The van der Waals surface area contributed by atoms with Crippen LogP contribution in [0, 0.1) is 0 Å². The summed E-state index contributed by atoms with van der Waals surface area (Å²) >= 11 is 0. The number of rotatable bonds is 9. The summed E-state index contributed by atoms with van der Waals surface area (Å²) in [5, 5.41) is 3.50. The summed E-state index contributed by atoms with van der Waals surface area (Å²) in [7, 11) is 3.31. The van der Waals surface area contributed by atoms with Gasteiger partial charge in [0.05, 0.1) is 37.1 Å². The quantitative estimate of drug-likeness (QED) is 0.380. The van der Waals surface area contributed by atoms with Crippen LogP contribution >= 0.6 is 0 Å². The lowest BCUT2D eigenvalue weighted by molar-refractivity contribution is 0.394. The molecule has 0 bridgehead atoms. The minimum atomic E-state index is 0.389. The number of methoxy groups -OCH3 is 2. The fraction of sp³-hybridized carbons (Fsp3) is 0.269. The van der Waals surface area contributed by atoms with E-state index in [1.54, 1.807) is 32.7 Å². The van der Waals surface area contributed by atoms with Crippen LogP contribution in [-0.2, 0) is 0 Å². The van der Waals surface area contributed by atoms with E-state index in [1.165, 1.54) is 0 Å². The minimum absolute atomic E-state index is 0.389. The lowest BCUT2D eigenvalue weighted by atomic mass is 10.1. The van der Waals surface area contributed by atoms with Gasteiger partial charge in [-0.05, 0) is 30.3 Å². The summed E-state index contributed by atoms with van der Waals surface area (Å²) in [5.41, 5.74) is 10.9. The van der Waals surface area contributed by atoms with Crippen molar-refractivity contribution in [2.45, 2.75) is 19.9 Å². The lowest BCUT2D eigenvalue weighted by Gasteiger charge is -2.27. The molecule has 2 heterocycles. The maximum Gasteiger partial charge on any atom is 0.124 e. The van der Waals surface area contributed by atoms with E-state index in [9.17, 15) is 0 Å². The normalized spacial score (nSPS) is 11.1. The highest BCUT2D eigenvalue weighted by molar-refractivity contribution is 5.82. The van der Waals surface area contributed by atoms with Crippen molar-refractivity contribution in [2.24, 2.45) is 0 Å². The van der Waals surface area contributed by atoms with Crippen molar-refractivity contribution >= 4 is 28.2 Å². The molecule has 0 amide bonds. The van der Waals surface area contributed by atoms with Gasteiger partial charge < -0.3 is 25.4 Å². The molecule has 8 nitrogen and oxygen atoms in total. The first-order valence-electron chi connectivity index (χ1n) is 11.2. The van der Waals surface area contributed by atoms with Crippen molar-refractivity contribution in [2.75, 3.05) is 37.9 Å². The molecule has 176 valence electrons. The Morgan fingerprint density at radius 3 is 2.29 bits per heavy atom. The summed E-state index contributed by atoms with van der Waals surface area (Å²) < 4.78 is 11.0. The van der Waals surface area contributed by atoms with Gasteiger partial charge in [0.2, 0.25) is 0 Å². The molecule has 2 aromatic heterocycles. The zero-order valence-corrected chi connectivity index (χ0v) is 19.9. The minimum Gasteiger partial charge on any atom is -0.497 e. The Morgan fingerprint density at radius 1 is 0.882 bits per heavy atom. The van der Waals surface area contributed by atoms with Crippen LogP contribution in [0.15, 0.2) is 60.9 Å². The molecule has 0 aliphatic carbocycles. The number of nitrogens with zero attached hydrogens (tertiary/aromatic N) is 4. The summed E-state index contributed by atoms with van der Waals surface area (Å²) in [5.74, 6) is 1.93. The number of hydrogen-bond donors (Lipinski definition) is 2. The van der Waals surface area contributed by atoms with E-state index >= 15 is 0 Å². The predicted molar refractivity (Wildman–Crippen MR) is 137 cm³/mol. The molecule has 34 heavy (non-hydrogen) atoms. The van der Waals surface area contributed by atoms with Crippen LogP contribution in [0.2, 0.25) is 0 Å². The molecule has 2 aromatic carbocycles. The van der Waals surface area contributed by atoms with Crippen molar-refractivity contribution < 1.29 is 9.47 Å². The Bertz CT molecular complexity index is 1240. The smallest absolute Gasteiger partial charge is 0.124 e. The molecule has 0 unspecified atom stereocenters. The van der Waals surface area contributed by atoms with Gasteiger partial charge in [-0.15, -0.1) is 0 Å². The Balaban J connectivity index is 1.76. The van der Waals surface area contributed by atoms with Crippen molar-refractivity contribution in [1.29, 1.82) is 0 Å². The molecule has 8 heteroatoms. The highest BCUT2D eigenvalue weighted by Gasteiger charge is 2.14. The average molecular weight is 459 g/mol. The van der Waals surface area contributed by atoms with Gasteiger partial charge in [0.15, 0.2) is 0 Å². The first-order valence-corrected chi connectivity index (χ1v) is 11.2. The fourth-order valence-corrected chi connectivity index (χ4v) is 3.68. The number of fused-ring (bicyclic) bond motifs is 1. The number of aromatic nitrogens is 3. The van der Waals surface area contributed by atoms with Gasteiger partial charge in [-0.25, -0.2) is 9.97 Å². The third kappa shape index (κ3) is 5.35. The molecule has 0 saturated heterocycles. The third-order valence-electron chi connectivity index (χ3n) is 5.46. The first-order chi connectivity index (χ1) is 16.5. The molecule has 0 radical (unpaired) electrons. The van der Waals surface area contributed by atoms with E-state index in [-0.39, 0.29) is 0 Å². The lowest BCUT2D eigenvalue weighted by Crippen LogP contribution is -2.32. The summed E-state index contributed by atoms with van der Waals surface area (Å²) in [6, 6.07) is 16.0. The summed E-state index contributed by atoms with van der Waals surface area (Å²) in [4.78, 5) is 15.8. The molecule has 0 aliphatic rings. The average Bonchev–Trinajstić information content (AvgIpc) is 2.86. The molecule has 4 aromatic rings. The van der Waals surface area contributed by atoms with Crippen LogP contribution in [0.3, 0.4) is 0 Å². The number of nitrogens with one attached hydrogen (secondary N) is 1. The molecule has 0 spiro atoms. The second kappa shape index (κ2) is 10.4. The monoisotopic (exact) mass is 458 g/mol. The zero-order valence-electron chi connectivity index (χ0n) is 19.9. The second-order valence-electron chi connectivity index (χ2n) is 8.23. The van der Waals surface area contributed by atoms with E-state index in [2.05, 4.69) is 46.2 Å². The molecular formula is C26H30N6O2. The number of benzene rings is 2. The number of nitrogens with two attached hydrogens (primary N) is 1. The van der Waals surface area contributed by atoms with Crippen molar-refractivity contribution in [3.63, 3.8) is 0 Å². The van der Waals surface area contributed by atoms with Crippen molar-refractivity contribution in [3.8, 4) is 22.8 Å². The highest BCUT2D eigenvalue weighted by atomic mass is 16.5. The molecule has 0 fully saturated rings. The Labute approximate surface area is 199 Å². The predicted octanol–water partition coefficient (Wildman–Crippen LogP) is 4.43. The summed E-state index contributed by atoms with van der Waals surface area (Å²) in [6.45, 7) is 5.82. The van der Waals surface area contributed by atoms with Crippen molar-refractivity contribution in [3.05, 3.63) is 60.9 Å². The maximum atomic E-state index is 5.73. The number of hydrogen-bond acceptors (Lipinski definition) is 8. The molecule has 0 aliphatic heterocycles. The molecule has 0 saturated carbocycles. The van der Waals surface area contributed by atoms with E-state index < -0.39 is 0 Å². The fourth-order valence-electron chi connectivity index (χ4n) is 3.68. The standard InChI is InChI=1S/C26H30N6O2/c1-17(2)28-9-10-32(20-11-21(33-3)14-22(12-20)34-4)19-6-7-23-24(13-19)31-25(16-29-23)18-5-8-26(27)30-15-18/h5-8,11-17,28H,9-10H2,1-4H3,(H2,27,30). The van der Waals surface area contributed by atoms with Crippen LogP contribution in [-0.4, -0.2) is 48.3 Å². The zero-order chi connectivity index (χ0) is 24.1. The third-order valence-corrected chi connectivity index (χ3v) is 5.46. The topological polar surface area (TPSA) is 98.4 Å². The van der Waals surface area contributed by atoms with E-state index in [0.717, 1.165) is 58.3 Å². The largest absolute Gasteiger partial charge is 0.497 e. The first kappa shape index (κ1) is 23.3. The van der Waals surface area contributed by atoms with Gasteiger partial charge in [-0.3, -0.25) is 4.98 Å². The SMILES string of the molecule is COc1cc(OC)cc(N(CCNC(C)C)c2ccc3ncc(-c4ccc(N)nc4)nc3c2)c1. The van der Waals surface area contributed by atoms with Gasteiger partial charge >= 0.3 is 0 Å². The second-order valence-corrected chi connectivity index (χ2v) is 8.23. The van der Waals surface area contributed by atoms with E-state index in [1.807, 2.05) is 30.3 Å². The number of ether oxygens (including phenoxy) is 2. The van der Waals surface area contributed by atoms with Crippen LogP contribution in [0.5, 0.6) is 11.5 Å². The van der Waals surface area contributed by atoms with E-state index in [4.69, 9.17) is 20.2 Å². The number of nitrogen functional groups attached to an aromatic ring is 1. The highest BCUT2D eigenvalue weighted by Crippen LogP contribution is 2.34. The summed E-state index contributed by atoms with van der Waals surface area (Å²) in [6.07, 6.45) is 3.47. The van der Waals surface area contributed by atoms with Gasteiger partial charge in [-0.1, -0.05) is 13.8 Å². The van der Waals surface area contributed by atoms with Gasteiger partial charge in [-0.2, -0.15) is 0 Å².